The number of carbonyl (C=O) groups excluding carboxylic acids is 2. The van der Waals surface area contributed by atoms with Crippen LogP contribution < -0.4 is 9.62 Å². The van der Waals surface area contributed by atoms with Gasteiger partial charge in [-0.25, -0.2) is 8.42 Å². The monoisotopic (exact) mass is 459 g/mol. The van der Waals surface area contributed by atoms with E-state index in [0.717, 1.165) is 21.7 Å². The number of hydrogen-bond donors (Lipinski definition) is 1. The average Bonchev–Trinajstić information content (AvgIpc) is 2.77. The minimum Gasteiger partial charge on any atom is -0.355 e. The van der Waals surface area contributed by atoms with Crippen molar-refractivity contribution in [2.24, 2.45) is 0 Å². The third kappa shape index (κ3) is 6.56. The molecule has 0 heterocycles. The Morgan fingerprint density at radius 3 is 2.16 bits per heavy atom. The molecule has 0 saturated carbocycles. The highest BCUT2D eigenvalue weighted by Gasteiger charge is 2.31. The van der Waals surface area contributed by atoms with Gasteiger partial charge >= 0.3 is 0 Å². The van der Waals surface area contributed by atoms with Crippen LogP contribution in [0.2, 0.25) is 0 Å². The topological polar surface area (TPSA) is 86.8 Å². The summed E-state index contributed by atoms with van der Waals surface area (Å²) in [6, 6.07) is 15.8. The fourth-order valence-electron chi connectivity index (χ4n) is 3.64. The van der Waals surface area contributed by atoms with Crippen LogP contribution in [-0.2, 0) is 32.6 Å². The molecule has 2 rings (SSSR count). The first kappa shape index (κ1) is 25.4. The molecule has 0 spiro atoms. The molecule has 0 radical (unpaired) electrons. The van der Waals surface area contributed by atoms with Crippen molar-refractivity contribution < 1.29 is 18.0 Å². The van der Waals surface area contributed by atoms with Crippen LogP contribution in [-0.4, -0.2) is 50.5 Å². The van der Waals surface area contributed by atoms with E-state index in [1.54, 1.807) is 12.1 Å². The largest absolute Gasteiger partial charge is 0.355 e. The summed E-state index contributed by atoms with van der Waals surface area (Å²) in [5.74, 6) is -0.678. The lowest BCUT2D eigenvalue weighted by atomic mass is 10.1. The summed E-state index contributed by atoms with van der Waals surface area (Å²) in [4.78, 5) is 27.7. The predicted molar refractivity (Wildman–Crippen MR) is 128 cm³/mol. The Balaban J connectivity index is 2.44. The van der Waals surface area contributed by atoms with E-state index in [1.807, 2.05) is 63.2 Å². The van der Waals surface area contributed by atoms with Gasteiger partial charge in [0.25, 0.3) is 0 Å². The van der Waals surface area contributed by atoms with E-state index in [2.05, 4.69) is 5.32 Å². The van der Waals surface area contributed by atoms with E-state index in [-0.39, 0.29) is 19.0 Å². The van der Waals surface area contributed by atoms with Crippen LogP contribution in [0, 0.1) is 0 Å². The Bertz CT molecular complexity index is 1010. The van der Waals surface area contributed by atoms with Crippen molar-refractivity contribution in [3.8, 4) is 0 Å². The summed E-state index contributed by atoms with van der Waals surface area (Å²) >= 11 is 0. The second-order valence-electron chi connectivity index (χ2n) is 7.58. The zero-order valence-corrected chi connectivity index (χ0v) is 20.1. The zero-order chi connectivity index (χ0) is 23.7. The molecule has 7 nitrogen and oxygen atoms in total. The first-order valence-corrected chi connectivity index (χ1v) is 12.7. The second kappa shape index (κ2) is 11.7. The molecule has 1 unspecified atom stereocenters. The number of carbonyl (C=O) groups is 2. The Morgan fingerprint density at radius 1 is 0.969 bits per heavy atom. The lowest BCUT2D eigenvalue weighted by Crippen LogP contribution is -2.52. The normalized spacial score (nSPS) is 12.1. The van der Waals surface area contributed by atoms with Crippen LogP contribution in [0.5, 0.6) is 0 Å². The number of aryl methyl sites for hydroxylation is 1. The number of amides is 2. The lowest BCUT2D eigenvalue weighted by Gasteiger charge is -2.33. The SMILES string of the molecule is CCNC(=O)C(CC)N(Cc1ccccc1)C(=O)CN(c1ccccc1CC)S(C)(=O)=O. The van der Waals surface area contributed by atoms with Gasteiger partial charge in [0.1, 0.15) is 12.6 Å². The Labute approximate surface area is 191 Å². The highest BCUT2D eigenvalue weighted by atomic mass is 32.2. The maximum Gasteiger partial charge on any atom is 0.244 e. The number of likely N-dealkylation sites (N-methyl/N-ethyl adjacent to an activating group) is 1. The Kier molecular flexibility index (Phi) is 9.26. The van der Waals surface area contributed by atoms with E-state index in [1.165, 1.54) is 4.90 Å². The Morgan fingerprint density at radius 2 is 1.59 bits per heavy atom. The third-order valence-electron chi connectivity index (χ3n) is 5.25. The third-order valence-corrected chi connectivity index (χ3v) is 6.38. The second-order valence-corrected chi connectivity index (χ2v) is 9.48. The smallest absolute Gasteiger partial charge is 0.244 e. The quantitative estimate of drug-likeness (QED) is 0.560. The van der Waals surface area contributed by atoms with Gasteiger partial charge in [0.15, 0.2) is 0 Å². The summed E-state index contributed by atoms with van der Waals surface area (Å²) < 4.78 is 26.5. The van der Waals surface area contributed by atoms with Gasteiger partial charge in [-0.3, -0.25) is 13.9 Å². The highest BCUT2D eigenvalue weighted by molar-refractivity contribution is 7.92. The van der Waals surface area contributed by atoms with Crippen LogP contribution in [0.15, 0.2) is 54.6 Å². The average molecular weight is 460 g/mol. The molecule has 1 N–H and O–H groups in total. The first-order valence-electron chi connectivity index (χ1n) is 10.9. The molecule has 2 aromatic carbocycles. The molecule has 0 aliphatic rings. The van der Waals surface area contributed by atoms with Gasteiger partial charge < -0.3 is 10.2 Å². The van der Waals surface area contributed by atoms with E-state index in [4.69, 9.17) is 0 Å². The molecule has 8 heteroatoms. The molecule has 0 fully saturated rings. The molecule has 0 bridgehead atoms. The van der Waals surface area contributed by atoms with E-state index < -0.39 is 22.0 Å². The van der Waals surface area contributed by atoms with Gasteiger partial charge in [0, 0.05) is 13.1 Å². The van der Waals surface area contributed by atoms with Gasteiger partial charge in [-0.2, -0.15) is 0 Å². The highest BCUT2D eigenvalue weighted by Crippen LogP contribution is 2.24. The summed E-state index contributed by atoms with van der Waals surface area (Å²) in [6.45, 7) is 5.88. The fourth-order valence-corrected chi connectivity index (χ4v) is 4.52. The van der Waals surface area contributed by atoms with Gasteiger partial charge in [0.2, 0.25) is 21.8 Å². The zero-order valence-electron chi connectivity index (χ0n) is 19.2. The summed E-state index contributed by atoms with van der Waals surface area (Å²) in [7, 11) is -3.73. The van der Waals surface area contributed by atoms with Crippen LogP contribution in [0.25, 0.3) is 0 Å². The van der Waals surface area contributed by atoms with Crippen LogP contribution in [0.1, 0.15) is 38.3 Å². The molecule has 0 saturated heterocycles. The number of rotatable bonds is 11. The molecule has 0 aliphatic carbocycles. The number of anilines is 1. The predicted octanol–water partition coefficient (Wildman–Crippen LogP) is 2.96. The Hall–Kier alpha value is -2.87. The van der Waals surface area contributed by atoms with Gasteiger partial charge in [0.05, 0.1) is 11.9 Å². The van der Waals surface area contributed by atoms with Crippen LogP contribution in [0.3, 0.4) is 0 Å². The van der Waals surface area contributed by atoms with Crippen molar-refractivity contribution in [2.75, 3.05) is 23.7 Å². The number of nitrogens with zero attached hydrogens (tertiary/aromatic N) is 2. The van der Waals surface area contributed by atoms with Crippen molar-refractivity contribution in [1.82, 2.24) is 10.2 Å². The molecular formula is C24H33N3O4S. The fraction of sp³-hybridized carbons (Fsp3) is 0.417. The van der Waals surface area contributed by atoms with Crippen molar-refractivity contribution >= 4 is 27.5 Å². The molecule has 174 valence electrons. The molecule has 0 aromatic heterocycles. The molecule has 2 aromatic rings. The lowest BCUT2D eigenvalue weighted by molar-refractivity contribution is -0.140. The molecule has 2 amide bonds. The minimum absolute atomic E-state index is 0.211. The summed E-state index contributed by atoms with van der Waals surface area (Å²) in [6.07, 6.45) is 2.13. The van der Waals surface area contributed by atoms with Crippen LogP contribution in [0.4, 0.5) is 5.69 Å². The minimum atomic E-state index is -3.73. The number of nitrogens with one attached hydrogen (secondary N) is 1. The van der Waals surface area contributed by atoms with Crippen molar-refractivity contribution in [2.45, 2.75) is 46.2 Å². The van der Waals surface area contributed by atoms with Crippen molar-refractivity contribution in [3.05, 3.63) is 65.7 Å². The standard InChI is InChI=1S/C24H33N3O4S/c1-5-20-15-11-12-16-22(20)27(32(4,30)31)18-23(28)26(17-19-13-9-8-10-14-19)21(6-2)24(29)25-7-3/h8-16,21H,5-7,17-18H2,1-4H3,(H,25,29). The maximum atomic E-state index is 13.5. The molecule has 0 aliphatic heterocycles. The summed E-state index contributed by atoms with van der Waals surface area (Å²) in [5, 5.41) is 2.79. The maximum absolute atomic E-state index is 13.5. The number of para-hydroxylation sites is 1. The number of benzene rings is 2. The molecule has 32 heavy (non-hydrogen) atoms. The van der Waals surface area contributed by atoms with Gasteiger partial charge in [-0.15, -0.1) is 0 Å². The van der Waals surface area contributed by atoms with E-state index in [9.17, 15) is 18.0 Å². The first-order chi connectivity index (χ1) is 15.2. The van der Waals surface area contributed by atoms with Crippen molar-refractivity contribution in [3.63, 3.8) is 0 Å². The molecule has 1 atom stereocenters. The van der Waals surface area contributed by atoms with Gasteiger partial charge in [-0.1, -0.05) is 62.4 Å². The number of hydrogen-bond acceptors (Lipinski definition) is 4. The summed E-state index contributed by atoms with van der Waals surface area (Å²) in [5.41, 5.74) is 2.18. The van der Waals surface area contributed by atoms with E-state index in [0.29, 0.717) is 25.1 Å². The van der Waals surface area contributed by atoms with E-state index >= 15 is 0 Å². The van der Waals surface area contributed by atoms with Crippen molar-refractivity contribution in [1.29, 1.82) is 0 Å². The van der Waals surface area contributed by atoms with Crippen LogP contribution >= 0.6 is 0 Å². The number of sulfonamides is 1. The molecular weight excluding hydrogens is 426 g/mol. The van der Waals surface area contributed by atoms with Gasteiger partial charge in [-0.05, 0) is 37.0 Å².